The van der Waals surface area contributed by atoms with Gasteiger partial charge in [-0.15, -0.1) is 21.5 Å². The molecule has 0 radical (unpaired) electrons. The molecule has 1 aliphatic rings. The van der Waals surface area contributed by atoms with Gasteiger partial charge < -0.3 is 5.11 Å². The number of nitrogens with zero attached hydrogens (tertiary/aromatic N) is 5. The number of hydrogen-bond acceptors (Lipinski definition) is 6. The fourth-order valence-electron chi connectivity index (χ4n) is 4.48. The van der Waals surface area contributed by atoms with Gasteiger partial charge in [-0.2, -0.15) is 0 Å². The highest BCUT2D eigenvalue weighted by molar-refractivity contribution is 7.15. The number of carbonyl (C=O) groups is 1. The van der Waals surface area contributed by atoms with Crippen molar-refractivity contribution in [3.63, 3.8) is 0 Å². The lowest BCUT2D eigenvalue weighted by Crippen LogP contribution is -2.23. The van der Waals surface area contributed by atoms with Gasteiger partial charge in [0.1, 0.15) is 16.9 Å². The Bertz CT molecular complexity index is 1400. The summed E-state index contributed by atoms with van der Waals surface area (Å²) in [6, 6.07) is 13.3. The Hall–Kier alpha value is -3.65. The third-order valence-corrected chi connectivity index (χ3v) is 7.64. The molecule has 0 aliphatic carbocycles. The highest BCUT2D eigenvalue weighted by Gasteiger charge is 2.37. The van der Waals surface area contributed by atoms with E-state index in [4.69, 9.17) is 4.99 Å². The molecule has 2 atom stereocenters. The van der Waals surface area contributed by atoms with Crippen molar-refractivity contribution in [2.45, 2.75) is 40.2 Å². The number of thiophene rings is 1. The molecule has 7 nitrogen and oxygen atoms in total. The Morgan fingerprint density at radius 1 is 1.09 bits per heavy atom. The molecule has 8 heteroatoms. The molecule has 0 bridgehead atoms. The van der Waals surface area contributed by atoms with E-state index in [1.165, 1.54) is 4.88 Å². The molecule has 0 saturated heterocycles. The fourth-order valence-corrected chi connectivity index (χ4v) is 5.70. The van der Waals surface area contributed by atoms with Crippen LogP contribution in [0.5, 0.6) is 0 Å². The lowest BCUT2D eigenvalue weighted by molar-refractivity contribution is -0.142. The van der Waals surface area contributed by atoms with Crippen LogP contribution in [0.4, 0.5) is 0 Å². The monoisotopic (exact) mass is 471 g/mol. The zero-order chi connectivity index (χ0) is 24.0. The average Bonchev–Trinajstić information content (AvgIpc) is 3.31. The van der Waals surface area contributed by atoms with E-state index in [1.54, 1.807) is 17.5 Å². The van der Waals surface area contributed by atoms with Gasteiger partial charge in [0.2, 0.25) is 0 Å². The van der Waals surface area contributed by atoms with E-state index in [-0.39, 0.29) is 0 Å². The van der Waals surface area contributed by atoms with E-state index in [2.05, 4.69) is 29.0 Å². The van der Waals surface area contributed by atoms with Gasteiger partial charge in [0.15, 0.2) is 5.82 Å². The highest BCUT2D eigenvalue weighted by atomic mass is 32.1. The lowest BCUT2D eigenvalue weighted by atomic mass is 9.95. The molecule has 4 heterocycles. The molecular formula is C26H25N5O2S. The summed E-state index contributed by atoms with van der Waals surface area (Å²) < 4.78 is 2.00. The van der Waals surface area contributed by atoms with E-state index in [0.717, 1.165) is 44.5 Å². The van der Waals surface area contributed by atoms with Crippen LogP contribution in [-0.2, 0) is 4.79 Å². The zero-order valence-corrected chi connectivity index (χ0v) is 20.3. The minimum atomic E-state index is -0.883. The number of aliphatic imine (C=N–C) groups is 1. The van der Waals surface area contributed by atoms with Crippen molar-refractivity contribution >= 4 is 23.0 Å². The quantitative estimate of drug-likeness (QED) is 0.425. The first kappa shape index (κ1) is 22.2. The van der Waals surface area contributed by atoms with E-state index >= 15 is 0 Å². The van der Waals surface area contributed by atoms with Gasteiger partial charge in [-0.05, 0) is 44.9 Å². The average molecular weight is 472 g/mol. The summed E-state index contributed by atoms with van der Waals surface area (Å²) in [5.74, 6) is -0.286. The Labute approximate surface area is 201 Å². The van der Waals surface area contributed by atoms with Crippen LogP contribution in [0.15, 0.2) is 53.7 Å². The summed E-state index contributed by atoms with van der Waals surface area (Å²) in [6.07, 6.45) is 2.22. The molecule has 34 heavy (non-hydrogen) atoms. The normalized spacial score (nSPS) is 15.8. The summed E-state index contributed by atoms with van der Waals surface area (Å²) in [4.78, 5) is 22.9. The summed E-state index contributed by atoms with van der Waals surface area (Å²) in [7, 11) is 0. The standard InChI is InChI=1S/C26H25N5O2S/c1-5-19(26(32)33)23-24-30-29-16(4)31(24)25-21(14(2)15(3)34-25)22(28-23)18-11-9-17(10-12-18)20-8-6-7-13-27-20/h6-13,19,23H,5H2,1-4H3,(H,32,33)/t19-,23?/m0/s1. The maximum Gasteiger partial charge on any atom is 0.309 e. The number of hydrogen-bond donors (Lipinski definition) is 1. The van der Waals surface area contributed by atoms with Gasteiger partial charge in [-0.25, -0.2) is 0 Å². The van der Waals surface area contributed by atoms with Gasteiger partial charge in [-0.1, -0.05) is 37.3 Å². The number of carboxylic acids is 1. The molecule has 5 rings (SSSR count). The molecule has 1 unspecified atom stereocenters. The van der Waals surface area contributed by atoms with Gasteiger partial charge >= 0.3 is 5.97 Å². The van der Waals surface area contributed by atoms with Gasteiger partial charge in [0.25, 0.3) is 0 Å². The molecule has 3 aromatic heterocycles. The summed E-state index contributed by atoms with van der Waals surface area (Å²) in [6.45, 7) is 7.96. The number of fused-ring (bicyclic) bond motifs is 3. The third kappa shape index (κ3) is 3.54. The number of pyridine rings is 1. The first-order valence-electron chi connectivity index (χ1n) is 11.3. The summed E-state index contributed by atoms with van der Waals surface area (Å²) >= 11 is 1.66. The van der Waals surface area contributed by atoms with Crippen LogP contribution >= 0.6 is 11.3 Å². The topological polar surface area (TPSA) is 93.3 Å². The predicted octanol–water partition coefficient (Wildman–Crippen LogP) is 5.32. The third-order valence-electron chi connectivity index (χ3n) is 6.45. The SMILES string of the molecule is CC[C@H](C(=O)O)C1N=C(c2ccc(-c3ccccn3)cc2)c2c(sc(C)c2C)-n2c(C)nnc21. The van der Waals surface area contributed by atoms with Crippen molar-refractivity contribution in [3.05, 3.63) is 81.9 Å². The van der Waals surface area contributed by atoms with Crippen molar-refractivity contribution in [1.82, 2.24) is 19.7 Å². The van der Waals surface area contributed by atoms with Crippen LogP contribution in [-0.4, -0.2) is 36.5 Å². The smallest absolute Gasteiger partial charge is 0.309 e. The maximum absolute atomic E-state index is 12.2. The summed E-state index contributed by atoms with van der Waals surface area (Å²) in [5, 5.41) is 19.7. The van der Waals surface area contributed by atoms with Crippen LogP contribution in [0.2, 0.25) is 0 Å². The number of carboxylic acid groups (broad SMARTS) is 1. The van der Waals surface area contributed by atoms with Crippen LogP contribution in [0.3, 0.4) is 0 Å². The van der Waals surface area contributed by atoms with Crippen molar-refractivity contribution in [3.8, 4) is 16.3 Å². The molecular weight excluding hydrogens is 446 g/mol. The highest BCUT2D eigenvalue weighted by Crippen LogP contribution is 2.41. The fraction of sp³-hybridized carbons (Fsp3) is 0.269. The van der Waals surface area contributed by atoms with E-state index < -0.39 is 17.9 Å². The second kappa shape index (κ2) is 8.61. The number of aryl methyl sites for hydroxylation is 2. The Morgan fingerprint density at radius 3 is 2.47 bits per heavy atom. The minimum Gasteiger partial charge on any atom is -0.481 e. The number of aliphatic carboxylic acids is 1. The Balaban J connectivity index is 1.73. The maximum atomic E-state index is 12.2. The predicted molar refractivity (Wildman–Crippen MR) is 133 cm³/mol. The Morgan fingerprint density at radius 2 is 1.82 bits per heavy atom. The van der Waals surface area contributed by atoms with Crippen molar-refractivity contribution in [2.24, 2.45) is 10.9 Å². The van der Waals surface area contributed by atoms with Gasteiger partial charge in [0, 0.05) is 27.8 Å². The number of rotatable bonds is 5. The molecule has 0 saturated carbocycles. The van der Waals surface area contributed by atoms with E-state index in [1.807, 2.05) is 60.9 Å². The molecule has 0 spiro atoms. The molecule has 4 aromatic rings. The number of benzene rings is 1. The minimum absolute atomic E-state index is 0.437. The summed E-state index contributed by atoms with van der Waals surface area (Å²) in [5.41, 5.74) is 5.79. The largest absolute Gasteiger partial charge is 0.481 e. The van der Waals surface area contributed by atoms with Crippen molar-refractivity contribution in [1.29, 1.82) is 0 Å². The molecule has 0 amide bonds. The zero-order valence-electron chi connectivity index (χ0n) is 19.5. The first-order valence-corrected chi connectivity index (χ1v) is 12.1. The van der Waals surface area contributed by atoms with Crippen molar-refractivity contribution < 1.29 is 9.90 Å². The van der Waals surface area contributed by atoms with Gasteiger partial charge in [-0.3, -0.25) is 19.3 Å². The van der Waals surface area contributed by atoms with Gasteiger partial charge in [0.05, 0.1) is 17.3 Å². The number of aromatic nitrogens is 4. The molecule has 1 N–H and O–H groups in total. The van der Waals surface area contributed by atoms with E-state index in [0.29, 0.717) is 12.2 Å². The molecule has 1 aliphatic heterocycles. The van der Waals surface area contributed by atoms with Crippen LogP contribution in [0.1, 0.15) is 52.6 Å². The van der Waals surface area contributed by atoms with E-state index in [9.17, 15) is 9.90 Å². The lowest BCUT2D eigenvalue weighted by Gasteiger charge is -2.18. The second-order valence-corrected chi connectivity index (χ2v) is 9.68. The van der Waals surface area contributed by atoms with Crippen LogP contribution in [0.25, 0.3) is 16.3 Å². The van der Waals surface area contributed by atoms with Crippen LogP contribution < -0.4 is 0 Å². The first-order chi connectivity index (χ1) is 16.4. The Kier molecular flexibility index (Phi) is 5.61. The molecule has 1 aromatic carbocycles. The molecule has 0 fully saturated rings. The van der Waals surface area contributed by atoms with Crippen LogP contribution in [0, 0.1) is 26.7 Å². The second-order valence-electron chi connectivity index (χ2n) is 8.47. The molecule has 172 valence electrons. The van der Waals surface area contributed by atoms with Crippen molar-refractivity contribution in [2.75, 3.05) is 0 Å².